The topological polar surface area (TPSA) is 92.8 Å². The quantitative estimate of drug-likeness (QED) is 0.258. The molecule has 1 saturated heterocycles. The first-order chi connectivity index (χ1) is 17.9. The molecule has 2 aromatic carbocycles. The van der Waals surface area contributed by atoms with Gasteiger partial charge < -0.3 is 15.0 Å². The molecule has 0 spiro atoms. The number of thioether (sulfide) groups is 1. The largest absolute Gasteiger partial charge is 0.451 e. The van der Waals surface area contributed by atoms with Crippen LogP contribution in [0.4, 0.5) is 0 Å². The SMILES string of the molecule is O=C(Cc1cccs1)NC1C(=O)N2C(C(=O)OC(c3ccccc3)c3ccccc3)C(C(=O)Cl)=CS[C@H]12. The van der Waals surface area contributed by atoms with Crippen LogP contribution in [-0.2, 0) is 30.3 Å². The number of ether oxygens (including phenoxy) is 1. The molecule has 0 radical (unpaired) electrons. The van der Waals surface area contributed by atoms with E-state index in [1.54, 1.807) is 0 Å². The number of carbonyl (C=O) groups is 4. The van der Waals surface area contributed by atoms with E-state index in [1.165, 1.54) is 21.6 Å². The summed E-state index contributed by atoms with van der Waals surface area (Å²) in [7, 11) is 0. The predicted molar refractivity (Wildman–Crippen MR) is 142 cm³/mol. The minimum absolute atomic E-state index is 0.0375. The van der Waals surface area contributed by atoms with E-state index in [1.807, 2.05) is 78.2 Å². The van der Waals surface area contributed by atoms with Gasteiger partial charge in [-0.05, 0) is 39.6 Å². The third-order valence-corrected chi connectivity index (χ3v) is 8.37. The van der Waals surface area contributed by atoms with Gasteiger partial charge in [0.05, 0.1) is 12.0 Å². The van der Waals surface area contributed by atoms with Crippen LogP contribution in [0.25, 0.3) is 0 Å². The van der Waals surface area contributed by atoms with Crippen molar-refractivity contribution >= 4 is 57.7 Å². The van der Waals surface area contributed by atoms with Gasteiger partial charge in [0.25, 0.3) is 5.24 Å². The van der Waals surface area contributed by atoms with Crippen LogP contribution < -0.4 is 5.32 Å². The van der Waals surface area contributed by atoms with Gasteiger partial charge in [-0.1, -0.05) is 66.7 Å². The number of hydrogen-bond donors (Lipinski definition) is 1. The zero-order valence-electron chi connectivity index (χ0n) is 19.3. The van der Waals surface area contributed by atoms with Gasteiger partial charge in [-0.15, -0.1) is 23.1 Å². The van der Waals surface area contributed by atoms with Gasteiger partial charge in [-0.3, -0.25) is 14.4 Å². The summed E-state index contributed by atoms with van der Waals surface area (Å²) in [5.41, 5.74) is 1.44. The average molecular weight is 553 g/mol. The Kier molecular flexibility index (Phi) is 7.45. The van der Waals surface area contributed by atoms with Crippen molar-refractivity contribution < 1.29 is 23.9 Å². The number of benzene rings is 2. The van der Waals surface area contributed by atoms with Crippen LogP contribution in [0.1, 0.15) is 22.1 Å². The molecule has 37 heavy (non-hydrogen) atoms. The van der Waals surface area contributed by atoms with Gasteiger partial charge in [0.15, 0.2) is 12.1 Å². The summed E-state index contributed by atoms with van der Waals surface area (Å²) in [6, 6.07) is 20.0. The minimum atomic E-state index is -1.32. The number of amides is 2. The molecule has 1 N–H and O–H groups in total. The number of halogens is 1. The summed E-state index contributed by atoms with van der Waals surface area (Å²) >= 11 is 8.43. The van der Waals surface area contributed by atoms with Gasteiger partial charge in [-0.25, -0.2) is 4.79 Å². The van der Waals surface area contributed by atoms with Crippen molar-refractivity contribution in [1.29, 1.82) is 0 Å². The number of thiophene rings is 1. The number of nitrogens with zero attached hydrogens (tertiary/aromatic N) is 1. The third kappa shape index (κ3) is 5.20. The zero-order valence-corrected chi connectivity index (χ0v) is 21.7. The van der Waals surface area contributed by atoms with E-state index < -0.39 is 40.7 Å². The van der Waals surface area contributed by atoms with E-state index >= 15 is 0 Å². The van der Waals surface area contributed by atoms with Crippen LogP contribution in [0, 0.1) is 0 Å². The second-order valence-corrected chi connectivity index (χ2v) is 10.8. The molecule has 2 aliphatic rings. The summed E-state index contributed by atoms with van der Waals surface area (Å²) in [4.78, 5) is 53.6. The molecule has 3 aromatic rings. The maximum Gasteiger partial charge on any atom is 0.334 e. The van der Waals surface area contributed by atoms with Crippen molar-refractivity contribution in [2.75, 3.05) is 0 Å². The van der Waals surface area contributed by atoms with Crippen LogP contribution in [0.5, 0.6) is 0 Å². The molecule has 1 fully saturated rings. The molecule has 2 aliphatic heterocycles. The molecular formula is C27H21ClN2O5S2. The fourth-order valence-corrected chi connectivity index (χ4v) is 6.50. The van der Waals surface area contributed by atoms with Crippen molar-refractivity contribution in [3.8, 4) is 0 Å². The highest BCUT2D eigenvalue weighted by molar-refractivity contribution is 8.03. The van der Waals surface area contributed by atoms with Gasteiger partial charge in [0, 0.05) is 4.88 Å². The molecule has 1 aromatic heterocycles. The lowest BCUT2D eigenvalue weighted by Crippen LogP contribution is -2.74. The lowest BCUT2D eigenvalue weighted by molar-refractivity contribution is -0.165. The van der Waals surface area contributed by atoms with Crippen LogP contribution in [-0.4, -0.2) is 45.4 Å². The van der Waals surface area contributed by atoms with Gasteiger partial charge in [-0.2, -0.15) is 0 Å². The Balaban J connectivity index is 1.38. The number of β-lactam (4-membered cyclic amide) rings is 1. The van der Waals surface area contributed by atoms with E-state index in [0.29, 0.717) is 0 Å². The van der Waals surface area contributed by atoms with Crippen molar-refractivity contribution in [3.05, 3.63) is 105 Å². The number of esters is 1. The Labute approximate surface area is 226 Å². The van der Waals surface area contributed by atoms with E-state index in [2.05, 4.69) is 5.32 Å². The van der Waals surface area contributed by atoms with Crippen molar-refractivity contribution in [2.24, 2.45) is 0 Å². The maximum absolute atomic E-state index is 13.6. The maximum atomic E-state index is 13.6. The number of carbonyl (C=O) groups excluding carboxylic acids is 4. The number of rotatable bonds is 8. The average Bonchev–Trinajstić information content (AvgIpc) is 3.43. The molecule has 2 unspecified atom stereocenters. The number of nitrogens with one attached hydrogen (secondary N) is 1. The van der Waals surface area contributed by atoms with Gasteiger partial charge >= 0.3 is 5.97 Å². The van der Waals surface area contributed by atoms with Crippen molar-refractivity contribution in [1.82, 2.24) is 10.2 Å². The van der Waals surface area contributed by atoms with E-state index in [0.717, 1.165) is 27.8 Å². The Morgan fingerprint density at radius 3 is 2.19 bits per heavy atom. The molecule has 10 heteroatoms. The fourth-order valence-electron chi connectivity index (χ4n) is 4.35. The number of fused-ring (bicyclic) bond motifs is 1. The highest BCUT2D eigenvalue weighted by Gasteiger charge is 2.57. The van der Waals surface area contributed by atoms with Gasteiger partial charge in [0.2, 0.25) is 11.8 Å². The van der Waals surface area contributed by atoms with Crippen molar-refractivity contribution in [2.45, 2.75) is 30.0 Å². The Morgan fingerprint density at radius 1 is 0.973 bits per heavy atom. The smallest absolute Gasteiger partial charge is 0.334 e. The molecule has 0 aliphatic carbocycles. The second-order valence-electron chi connectivity index (χ2n) is 8.46. The molecule has 2 amide bonds. The lowest BCUT2D eigenvalue weighted by Gasteiger charge is -2.51. The minimum Gasteiger partial charge on any atom is -0.451 e. The van der Waals surface area contributed by atoms with Gasteiger partial charge in [0.1, 0.15) is 11.4 Å². The zero-order chi connectivity index (χ0) is 25.9. The predicted octanol–water partition coefficient (Wildman–Crippen LogP) is 4.04. The first-order valence-corrected chi connectivity index (χ1v) is 13.6. The summed E-state index contributed by atoms with van der Waals surface area (Å²) in [6.07, 6.45) is -0.603. The normalized spacial score (nSPS) is 20.5. The number of hydrogen-bond acceptors (Lipinski definition) is 7. The molecule has 5 rings (SSSR count). The summed E-state index contributed by atoms with van der Waals surface area (Å²) < 4.78 is 5.95. The first-order valence-electron chi connectivity index (χ1n) is 11.4. The highest BCUT2D eigenvalue weighted by atomic mass is 35.5. The molecule has 3 atom stereocenters. The van der Waals surface area contributed by atoms with Crippen LogP contribution >= 0.6 is 34.7 Å². The summed E-state index contributed by atoms with van der Waals surface area (Å²) in [5, 5.41) is 4.70. The van der Waals surface area contributed by atoms with Crippen LogP contribution in [0.3, 0.4) is 0 Å². The lowest BCUT2D eigenvalue weighted by atomic mass is 9.97. The summed E-state index contributed by atoms with van der Waals surface area (Å²) in [6.45, 7) is 0. The van der Waals surface area contributed by atoms with E-state index in [4.69, 9.17) is 16.3 Å². The first kappa shape index (κ1) is 25.3. The van der Waals surface area contributed by atoms with Crippen LogP contribution in [0.2, 0.25) is 0 Å². The standard InChI is InChI=1S/C27H21ClN2O5S2/c28-24(32)19-15-37-26-21(29-20(31)14-18-12-7-13-36-18)25(33)30(26)22(19)27(34)35-23(16-8-3-1-4-9-16)17-10-5-2-6-11-17/h1-13,15,21-23,26H,14H2,(H,29,31)/t21?,22?,26-/m1/s1. The van der Waals surface area contributed by atoms with E-state index in [-0.39, 0.29) is 17.9 Å². The van der Waals surface area contributed by atoms with Crippen molar-refractivity contribution in [3.63, 3.8) is 0 Å². The molecule has 3 heterocycles. The van der Waals surface area contributed by atoms with Crippen LogP contribution in [0.15, 0.2) is 89.2 Å². The Hall–Kier alpha value is -3.40. The highest BCUT2D eigenvalue weighted by Crippen LogP contribution is 2.41. The molecule has 0 bridgehead atoms. The third-order valence-electron chi connectivity index (χ3n) is 6.11. The fraction of sp³-hybridized carbons (Fsp3) is 0.185. The molecule has 0 saturated carbocycles. The second kappa shape index (κ2) is 10.9. The molecule has 7 nitrogen and oxygen atoms in total. The Bertz CT molecular complexity index is 1310. The monoisotopic (exact) mass is 552 g/mol. The summed E-state index contributed by atoms with van der Waals surface area (Å²) in [5.74, 6) is -1.55. The molecule has 188 valence electrons. The Morgan fingerprint density at radius 2 is 1.62 bits per heavy atom. The molecular weight excluding hydrogens is 532 g/mol. The van der Waals surface area contributed by atoms with E-state index in [9.17, 15) is 19.2 Å².